The fourth-order valence-corrected chi connectivity index (χ4v) is 2.83. The van der Waals surface area contributed by atoms with Crippen molar-refractivity contribution >= 4 is 28.5 Å². The number of fused-ring (bicyclic) bond motifs is 1. The number of hydrogen-bond donors (Lipinski definition) is 2. The van der Waals surface area contributed by atoms with Crippen LogP contribution in [0, 0.1) is 5.82 Å². The van der Waals surface area contributed by atoms with E-state index in [0.717, 1.165) is 10.9 Å². The first-order valence-electron chi connectivity index (χ1n) is 8.10. The number of carbonyl (C=O) groups excluding carboxylic acids is 2. The fraction of sp³-hybridized carbons (Fsp3) is 0.200. The summed E-state index contributed by atoms with van der Waals surface area (Å²) in [4.78, 5) is 27.3. The van der Waals surface area contributed by atoms with Gasteiger partial charge >= 0.3 is 5.97 Å². The summed E-state index contributed by atoms with van der Waals surface area (Å²) in [6, 6.07) is 10.9. The first-order chi connectivity index (χ1) is 12.3. The molecule has 2 aromatic carbocycles. The molecule has 2 N–H and O–H groups in total. The number of hydrogen-bond acceptors (Lipinski definition) is 3. The zero-order valence-electron chi connectivity index (χ0n) is 14.7. The standard InChI is InChI=1S/C20H19FN2O3/c1-20(2,16-11-22-17-10-13(21)6-9-15(16)17)19(25)23-14-7-4-12(5-8-14)18(24)26-3/h4-11,22H,1-3H3,(H,23,25). The van der Waals surface area contributed by atoms with E-state index in [1.54, 1.807) is 50.4 Å². The van der Waals surface area contributed by atoms with Crippen LogP contribution < -0.4 is 5.32 Å². The predicted octanol–water partition coefficient (Wildman–Crippen LogP) is 4.01. The van der Waals surface area contributed by atoms with Crippen LogP contribution in [0.15, 0.2) is 48.7 Å². The first kappa shape index (κ1) is 17.7. The molecule has 3 aromatic rings. The van der Waals surface area contributed by atoms with Crippen LogP contribution in [0.3, 0.4) is 0 Å². The SMILES string of the molecule is COC(=O)c1ccc(NC(=O)C(C)(C)c2c[nH]c3cc(F)ccc23)cc1. The number of aromatic amines is 1. The highest BCUT2D eigenvalue weighted by atomic mass is 19.1. The second-order valence-corrected chi connectivity index (χ2v) is 6.54. The normalized spacial score (nSPS) is 11.4. The number of halogens is 1. The molecule has 0 radical (unpaired) electrons. The highest BCUT2D eigenvalue weighted by molar-refractivity contribution is 6.02. The zero-order chi connectivity index (χ0) is 18.9. The Morgan fingerprint density at radius 2 is 1.81 bits per heavy atom. The molecule has 0 aliphatic carbocycles. The summed E-state index contributed by atoms with van der Waals surface area (Å²) in [6.45, 7) is 3.61. The van der Waals surface area contributed by atoms with Crippen molar-refractivity contribution in [1.82, 2.24) is 4.98 Å². The maximum atomic E-state index is 13.4. The molecular weight excluding hydrogens is 335 g/mol. The molecule has 26 heavy (non-hydrogen) atoms. The van der Waals surface area contributed by atoms with Gasteiger partial charge in [-0.05, 0) is 61.9 Å². The topological polar surface area (TPSA) is 71.2 Å². The van der Waals surface area contributed by atoms with Crippen LogP contribution in [0.5, 0.6) is 0 Å². The van der Waals surface area contributed by atoms with Gasteiger partial charge in [-0.1, -0.05) is 0 Å². The van der Waals surface area contributed by atoms with Crippen LogP contribution in [-0.4, -0.2) is 24.0 Å². The fourth-order valence-electron chi connectivity index (χ4n) is 2.83. The maximum absolute atomic E-state index is 13.4. The molecule has 1 aromatic heterocycles. The van der Waals surface area contributed by atoms with Gasteiger partial charge < -0.3 is 15.0 Å². The van der Waals surface area contributed by atoms with Crippen LogP contribution >= 0.6 is 0 Å². The molecule has 0 saturated heterocycles. The molecule has 0 spiro atoms. The van der Waals surface area contributed by atoms with Gasteiger partial charge in [0.1, 0.15) is 5.82 Å². The quantitative estimate of drug-likeness (QED) is 0.696. The Hall–Kier alpha value is -3.15. The number of amides is 1. The molecule has 1 amide bonds. The average molecular weight is 354 g/mol. The van der Waals surface area contributed by atoms with Gasteiger partial charge in [0.15, 0.2) is 0 Å². The molecular formula is C20H19FN2O3. The summed E-state index contributed by atoms with van der Waals surface area (Å²) in [5.74, 6) is -0.985. The van der Waals surface area contributed by atoms with Gasteiger partial charge in [-0.15, -0.1) is 0 Å². The Kier molecular flexibility index (Phi) is 4.50. The third kappa shape index (κ3) is 3.18. The summed E-state index contributed by atoms with van der Waals surface area (Å²) in [5, 5.41) is 3.65. The Morgan fingerprint density at radius 1 is 1.12 bits per heavy atom. The van der Waals surface area contributed by atoms with E-state index >= 15 is 0 Å². The van der Waals surface area contributed by atoms with E-state index < -0.39 is 11.4 Å². The average Bonchev–Trinajstić information content (AvgIpc) is 3.05. The second-order valence-electron chi connectivity index (χ2n) is 6.54. The highest BCUT2D eigenvalue weighted by Gasteiger charge is 2.32. The number of ether oxygens (including phenoxy) is 1. The van der Waals surface area contributed by atoms with Gasteiger partial charge in [-0.2, -0.15) is 0 Å². The lowest BCUT2D eigenvalue weighted by molar-refractivity contribution is -0.120. The molecule has 134 valence electrons. The number of methoxy groups -OCH3 is 1. The van der Waals surface area contributed by atoms with Gasteiger partial charge in [0.25, 0.3) is 0 Å². The Morgan fingerprint density at radius 3 is 2.46 bits per heavy atom. The number of nitrogens with one attached hydrogen (secondary N) is 2. The Balaban J connectivity index is 1.84. The number of aromatic nitrogens is 1. The molecule has 0 fully saturated rings. The van der Waals surface area contributed by atoms with Crippen LogP contribution in [0.1, 0.15) is 29.8 Å². The van der Waals surface area contributed by atoms with Gasteiger partial charge in [-0.3, -0.25) is 4.79 Å². The predicted molar refractivity (Wildman–Crippen MR) is 97.7 cm³/mol. The number of rotatable bonds is 4. The molecule has 0 bridgehead atoms. The van der Waals surface area contributed by atoms with Crippen molar-refractivity contribution in [2.75, 3.05) is 12.4 Å². The van der Waals surface area contributed by atoms with Crippen LogP contribution in [0.25, 0.3) is 10.9 Å². The lowest BCUT2D eigenvalue weighted by Gasteiger charge is -2.23. The summed E-state index contributed by atoms with van der Waals surface area (Å²) in [7, 11) is 1.31. The van der Waals surface area contributed by atoms with Crippen molar-refractivity contribution in [2.45, 2.75) is 19.3 Å². The molecule has 0 aliphatic rings. The minimum atomic E-state index is -0.850. The lowest BCUT2D eigenvalue weighted by atomic mass is 9.83. The molecule has 3 rings (SSSR count). The Labute approximate surface area is 150 Å². The van der Waals surface area contributed by atoms with E-state index in [1.165, 1.54) is 19.2 Å². The monoisotopic (exact) mass is 354 g/mol. The minimum absolute atomic E-state index is 0.214. The van der Waals surface area contributed by atoms with E-state index in [9.17, 15) is 14.0 Å². The van der Waals surface area contributed by atoms with E-state index in [-0.39, 0.29) is 11.7 Å². The molecule has 0 atom stereocenters. The van der Waals surface area contributed by atoms with Crippen molar-refractivity contribution in [3.8, 4) is 0 Å². The second kappa shape index (κ2) is 6.63. The van der Waals surface area contributed by atoms with Crippen LogP contribution in [-0.2, 0) is 14.9 Å². The Bertz CT molecular complexity index is 974. The van der Waals surface area contributed by atoms with E-state index in [4.69, 9.17) is 0 Å². The number of benzene rings is 2. The van der Waals surface area contributed by atoms with Crippen molar-refractivity contribution in [2.24, 2.45) is 0 Å². The van der Waals surface area contributed by atoms with Gasteiger partial charge in [0, 0.05) is 22.8 Å². The van der Waals surface area contributed by atoms with Gasteiger partial charge in [0.05, 0.1) is 18.1 Å². The van der Waals surface area contributed by atoms with E-state index in [1.807, 2.05) is 0 Å². The third-order valence-corrected chi connectivity index (χ3v) is 4.45. The molecule has 0 unspecified atom stereocenters. The summed E-state index contributed by atoms with van der Waals surface area (Å²) in [5.41, 5.74) is 1.54. The molecule has 1 heterocycles. The molecule has 0 aliphatic heterocycles. The summed E-state index contributed by atoms with van der Waals surface area (Å²) in [6.07, 6.45) is 1.73. The van der Waals surface area contributed by atoms with Crippen molar-refractivity contribution in [1.29, 1.82) is 0 Å². The highest BCUT2D eigenvalue weighted by Crippen LogP contribution is 2.32. The molecule has 6 heteroatoms. The maximum Gasteiger partial charge on any atom is 0.337 e. The zero-order valence-corrected chi connectivity index (χ0v) is 14.7. The summed E-state index contributed by atoms with van der Waals surface area (Å²) >= 11 is 0. The first-order valence-corrected chi connectivity index (χ1v) is 8.10. The van der Waals surface area contributed by atoms with Crippen molar-refractivity contribution in [3.05, 3.63) is 65.6 Å². The van der Waals surface area contributed by atoms with Crippen LogP contribution in [0.2, 0.25) is 0 Å². The van der Waals surface area contributed by atoms with Gasteiger partial charge in [-0.25, -0.2) is 9.18 Å². The third-order valence-electron chi connectivity index (χ3n) is 4.45. The molecule has 0 saturated carbocycles. The smallest absolute Gasteiger partial charge is 0.337 e. The van der Waals surface area contributed by atoms with E-state index in [2.05, 4.69) is 15.0 Å². The van der Waals surface area contributed by atoms with E-state index in [0.29, 0.717) is 16.8 Å². The van der Waals surface area contributed by atoms with Crippen molar-refractivity contribution in [3.63, 3.8) is 0 Å². The van der Waals surface area contributed by atoms with Gasteiger partial charge in [0.2, 0.25) is 5.91 Å². The van der Waals surface area contributed by atoms with Crippen LogP contribution in [0.4, 0.5) is 10.1 Å². The number of anilines is 1. The largest absolute Gasteiger partial charge is 0.465 e. The number of H-pyrrole nitrogens is 1. The molecule has 5 nitrogen and oxygen atoms in total. The number of carbonyl (C=O) groups is 2. The van der Waals surface area contributed by atoms with Crippen molar-refractivity contribution < 1.29 is 18.7 Å². The lowest BCUT2D eigenvalue weighted by Crippen LogP contribution is -2.34. The number of esters is 1. The summed E-state index contributed by atoms with van der Waals surface area (Å²) < 4.78 is 18.0. The minimum Gasteiger partial charge on any atom is -0.465 e.